The number of hydrogen-bond donors (Lipinski definition) is 0. The van der Waals surface area contributed by atoms with E-state index in [2.05, 4.69) is 0 Å². The van der Waals surface area contributed by atoms with Gasteiger partial charge in [0.2, 0.25) is 0 Å². The summed E-state index contributed by atoms with van der Waals surface area (Å²) in [7, 11) is 0. The standard InChI is InChI=1S/C10H20.4H2O/c1-2-4-6-8-10-9-7-5-3-1;;;;/h1-10H2;4*1H2. The van der Waals surface area contributed by atoms with E-state index >= 15 is 0 Å². The van der Waals surface area contributed by atoms with E-state index in [1.165, 1.54) is 64.2 Å². The fourth-order valence-electron chi connectivity index (χ4n) is 1.77. The molecule has 1 aliphatic carbocycles. The predicted octanol–water partition coefficient (Wildman–Crippen LogP) is 0.602. The van der Waals surface area contributed by atoms with Gasteiger partial charge in [-0.2, -0.15) is 0 Å². The Bertz CT molecular complexity index is 45.3. The second-order valence-corrected chi connectivity index (χ2v) is 3.54. The molecule has 4 nitrogen and oxygen atoms in total. The Hall–Kier alpha value is -0.160. The zero-order valence-corrected chi connectivity index (χ0v) is 9.07. The molecule has 0 radical (unpaired) electrons. The highest BCUT2D eigenvalue weighted by Gasteiger charge is 1.95. The lowest BCUT2D eigenvalue weighted by Crippen LogP contribution is -1.85. The van der Waals surface area contributed by atoms with Gasteiger partial charge in [-0.15, -0.1) is 0 Å². The molecule has 0 heterocycles. The van der Waals surface area contributed by atoms with E-state index in [0.29, 0.717) is 0 Å². The first-order valence-electron chi connectivity index (χ1n) is 5.00. The molecule has 1 fully saturated rings. The Balaban J connectivity index is -0.000000125. The van der Waals surface area contributed by atoms with E-state index in [1.54, 1.807) is 0 Å². The van der Waals surface area contributed by atoms with Crippen LogP contribution < -0.4 is 0 Å². The first-order chi connectivity index (χ1) is 5.00. The minimum atomic E-state index is 0. The summed E-state index contributed by atoms with van der Waals surface area (Å²) in [4.78, 5) is 0. The second-order valence-electron chi connectivity index (χ2n) is 3.54. The van der Waals surface area contributed by atoms with Crippen LogP contribution in [0.2, 0.25) is 0 Å². The van der Waals surface area contributed by atoms with Crippen LogP contribution in [-0.2, 0) is 0 Å². The first-order valence-corrected chi connectivity index (χ1v) is 5.00. The summed E-state index contributed by atoms with van der Waals surface area (Å²) in [5.41, 5.74) is 0. The first kappa shape index (κ1) is 23.6. The van der Waals surface area contributed by atoms with Gasteiger partial charge in [-0.05, 0) is 0 Å². The maximum Gasteiger partial charge on any atom is -0.0533 e. The van der Waals surface area contributed by atoms with Gasteiger partial charge in [-0.25, -0.2) is 0 Å². The summed E-state index contributed by atoms with van der Waals surface area (Å²) < 4.78 is 0. The molecule has 0 amide bonds. The van der Waals surface area contributed by atoms with Crippen molar-refractivity contribution in [2.75, 3.05) is 0 Å². The molecule has 1 saturated carbocycles. The number of hydrogen-bond acceptors (Lipinski definition) is 0. The van der Waals surface area contributed by atoms with E-state index < -0.39 is 0 Å². The van der Waals surface area contributed by atoms with Crippen molar-refractivity contribution in [2.24, 2.45) is 0 Å². The van der Waals surface area contributed by atoms with Gasteiger partial charge in [0.05, 0.1) is 0 Å². The molecule has 0 aromatic heterocycles. The van der Waals surface area contributed by atoms with Gasteiger partial charge in [-0.3, -0.25) is 0 Å². The summed E-state index contributed by atoms with van der Waals surface area (Å²) in [6, 6.07) is 0. The molecule has 8 N–H and O–H groups in total. The van der Waals surface area contributed by atoms with Crippen LogP contribution in [-0.4, -0.2) is 21.9 Å². The lowest BCUT2D eigenvalue weighted by Gasteiger charge is -2.05. The topological polar surface area (TPSA) is 126 Å². The molecule has 0 atom stereocenters. The van der Waals surface area contributed by atoms with Crippen LogP contribution in [0, 0.1) is 0 Å². The molecule has 0 saturated heterocycles. The van der Waals surface area contributed by atoms with E-state index in [9.17, 15) is 0 Å². The van der Waals surface area contributed by atoms with Crippen molar-refractivity contribution in [3.63, 3.8) is 0 Å². The van der Waals surface area contributed by atoms with Crippen molar-refractivity contribution in [3.05, 3.63) is 0 Å². The highest BCUT2D eigenvalue weighted by Crippen LogP contribution is 2.15. The van der Waals surface area contributed by atoms with E-state index in [-0.39, 0.29) is 21.9 Å². The third-order valence-electron chi connectivity index (χ3n) is 2.50. The molecular weight excluding hydrogens is 184 g/mol. The predicted molar refractivity (Wildman–Crippen MR) is 60.6 cm³/mol. The summed E-state index contributed by atoms with van der Waals surface area (Å²) in [6.07, 6.45) is 15.0. The van der Waals surface area contributed by atoms with Crippen molar-refractivity contribution < 1.29 is 21.9 Å². The van der Waals surface area contributed by atoms with Crippen LogP contribution in [0.5, 0.6) is 0 Å². The van der Waals surface area contributed by atoms with Crippen LogP contribution >= 0.6 is 0 Å². The fraction of sp³-hybridized carbons (Fsp3) is 1.00. The largest absolute Gasteiger partial charge is 0.412 e. The third kappa shape index (κ3) is 14.4. The zero-order valence-electron chi connectivity index (χ0n) is 9.07. The highest BCUT2D eigenvalue weighted by atomic mass is 16.0. The van der Waals surface area contributed by atoms with Crippen molar-refractivity contribution in [1.29, 1.82) is 0 Å². The maximum atomic E-state index is 1.50. The minimum absolute atomic E-state index is 0. The van der Waals surface area contributed by atoms with Gasteiger partial charge in [0, 0.05) is 0 Å². The van der Waals surface area contributed by atoms with Gasteiger partial charge in [0.25, 0.3) is 0 Å². The quantitative estimate of drug-likeness (QED) is 0.557. The molecule has 0 spiro atoms. The molecule has 92 valence electrons. The van der Waals surface area contributed by atoms with Crippen molar-refractivity contribution in [2.45, 2.75) is 64.2 Å². The molecule has 0 aromatic carbocycles. The van der Waals surface area contributed by atoms with E-state index in [0.717, 1.165) is 0 Å². The van der Waals surface area contributed by atoms with Crippen molar-refractivity contribution in [1.82, 2.24) is 0 Å². The van der Waals surface area contributed by atoms with Crippen molar-refractivity contribution >= 4 is 0 Å². The van der Waals surface area contributed by atoms with Crippen LogP contribution in [0.15, 0.2) is 0 Å². The van der Waals surface area contributed by atoms with E-state index in [4.69, 9.17) is 0 Å². The Labute approximate surface area is 86.9 Å². The smallest absolute Gasteiger partial charge is 0.0533 e. The lowest BCUT2D eigenvalue weighted by molar-refractivity contribution is 0.504. The van der Waals surface area contributed by atoms with Crippen LogP contribution in [0.25, 0.3) is 0 Å². The average Bonchev–Trinajstić information content (AvgIpc) is 2.01. The highest BCUT2D eigenvalue weighted by molar-refractivity contribution is 4.51. The molecule has 0 aliphatic heterocycles. The maximum absolute atomic E-state index is 1.50. The monoisotopic (exact) mass is 212 g/mol. The van der Waals surface area contributed by atoms with Crippen LogP contribution in [0.3, 0.4) is 0 Å². The van der Waals surface area contributed by atoms with Crippen LogP contribution in [0.4, 0.5) is 0 Å². The summed E-state index contributed by atoms with van der Waals surface area (Å²) >= 11 is 0. The minimum Gasteiger partial charge on any atom is -0.412 e. The Morgan fingerprint density at radius 3 is 0.357 bits per heavy atom. The summed E-state index contributed by atoms with van der Waals surface area (Å²) in [5, 5.41) is 0. The van der Waals surface area contributed by atoms with Gasteiger partial charge in [0.1, 0.15) is 0 Å². The Kier molecular flexibility index (Phi) is 31.3. The molecule has 1 aliphatic rings. The number of rotatable bonds is 0. The molecule has 0 aromatic rings. The fourth-order valence-corrected chi connectivity index (χ4v) is 1.77. The van der Waals surface area contributed by atoms with Gasteiger partial charge in [-0.1, -0.05) is 64.2 Å². The Morgan fingerprint density at radius 1 is 0.214 bits per heavy atom. The van der Waals surface area contributed by atoms with Gasteiger partial charge >= 0.3 is 0 Å². The summed E-state index contributed by atoms with van der Waals surface area (Å²) in [5.74, 6) is 0. The van der Waals surface area contributed by atoms with Gasteiger partial charge in [0.15, 0.2) is 0 Å². The van der Waals surface area contributed by atoms with E-state index in [1.807, 2.05) is 0 Å². The molecule has 1 rings (SSSR count). The van der Waals surface area contributed by atoms with Gasteiger partial charge < -0.3 is 21.9 Å². The van der Waals surface area contributed by atoms with Crippen molar-refractivity contribution in [3.8, 4) is 0 Å². The Morgan fingerprint density at radius 2 is 0.286 bits per heavy atom. The third-order valence-corrected chi connectivity index (χ3v) is 2.50. The molecular formula is C10H28O4. The summed E-state index contributed by atoms with van der Waals surface area (Å²) in [6.45, 7) is 0. The van der Waals surface area contributed by atoms with Crippen LogP contribution in [0.1, 0.15) is 64.2 Å². The molecule has 0 unspecified atom stereocenters. The normalized spacial score (nSPS) is 17.1. The molecule has 14 heavy (non-hydrogen) atoms. The second kappa shape index (κ2) is 18.6. The lowest BCUT2D eigenvalue weighted by atomic mass is 10.0. The average molecular weight is 212 g/mol. The zero-order chi connectivity index (χ0) is 7.07. The molecule has 0 bridgehead atoms. The molecule has 4 heteroatoms. The SMILES string of the molecule is C1CCCCCCCCC1.O.O.O.O.